The molecule has 0 bridgehead atoms. The van der Waals surface area contributed by atoms with Gasteiger partial charge in [0, 0.05) is 25.1 Å². The minimum absolute atomic E-state index is 0.254. The number of rotatable bonds is 3. The fourth-order valence-corrected chi connectivity index (χ4v) is 4.37. The van der Waals surface area contributed by atoms with Gasteiger partial charge >= 0.3 is 0 Å². The van der Waals surface area contributed by atoms with Crippen molar-refractivity contribution in [3.05, 3.63) is 42.1 Å². The van der Waals surface area contributed by atoms with Crippen LogP contribution in [0.2, 0.25) is 0 Å². The molecule has 1 aromatic carbocycles. The number of pyridine rings is 1. The molecule has 3 nitrogen and oxygen atoms in total. The number of aromatic nitrogens is 1. The molecule has 1 aliphatic rings. The Morgan fingerprint density at radius 3 is 3.04 bits per heavy atom. The van der Waals surface area contributed by atoms with Crippen LogP contribution in [0, 0.1) is 17.2 Å². The quantitative estimate of drug-likeness (QED) is 0.863. The Kier molecular flexibility index (Phi) is 4.58. The molecular formula is C19H21N3S. The summed E-state index contributed by atoms with van der Waals surface area (Å²) in [7, 11) is 1.89. The molecule has 1 fully saturated rings. The predicted octanol–water partition coefficient (Wildman–Crippen LogP) is 4.12. The number of likely N-dealkylation sites (N-methyl/N-ethyl adjacent to an activating group) is 1. The second-order valence-electron chi connectivity index (χ2n) is 6.27. The second-order valence-corrected chi connectivity index (χ2v) is 6.68. The highest BCUT2D eigenvalue weighted by atomic mass is 32.1. The molecule has 2 atom stereocenters. The largest absolute Gasteiger partial charge is 0.382 e. The van der Waals surface area contributed by atoms with Gasteiger partial charge in [-0.3, -0.25) is 4.98 Å². The number of nitriles is 1. The zero-order valence-corrected chi connectivity index (χ0v) is 14.2. The van der Waals surface area contributed by atoms with E-state index in [1.54, 1.807) is 0 Å². The molecule has 0 aliphatic heterocycles. The lowest BCUT2D eigenvalue weighted by Crippen LogP contribution is -2.49. The fourth-order valence-electron chi connectivity index (χ4n) is 3.98. The number of hydrogen-bond donors (Lipinski definition) is 1. The van der Waals surface area contributed by atoms with Crippen LogP contribution in [0.4, 0.5) is 0 Å². The minimum atomic E-state index is -0.269. The minimum Gasteiger partial charge on any atom is -0.382 e. The van der Waals surface area contributed by atoms with E-state index >= 15 is 0 Å². The topological polar surface area (TPSA) is 48.7 Å². The Balaban J connectivity index is 2.16. The van der Waals surface area contributed by atoms with E-state index in [0.717, 1.165) is 40.7 Å². The molecule has 1 heterocycles. The first kappa shape index (κ1) is 15.9. The van der Waals surface area contributed by atoms with Crippen LogP contribution in [0.5, 0.6) is 0 Å². The number of benzene rings is 1. The van der Waals surface area contributed by atoms with E-state index < -0.39 is 0 Å². The predicted molar refractivity (Wildman–Crippen MR) is 97.3 cm³/mol. The van der Waals surface area contributed by atoms with Crippen LogP contribution >= 0.6 is 12.2 Å². The van der Waals surface area contributed by atoms with Crippen LogP contribution in [0.1, 0.15) is 37.7 Å². The van der Waals surface area contributed by atoms with Crippen molar-refractivity contribution in [1.82, 2.24) is 10.3 Å². The summed E-state index contributed by atoms with van der Waals surface area (Å²) in [4.78, 5) is 5.48. The Bertz CT molecular complexity index is 765. The number of fused-ring (bicyclic) bond motifs is 1. The molecule has 1 N–H and O–H groups in total. The van der Waals surface area contributed by atoms with Crippen LogP contribution < -0.4 is 5.32 Å². The number of hydrogen-bond acceptors (Lipinski definition) is 3. The SMILES string of the molecule is CNC(=S)C1(c2cnc3ccccc3c2)CCCCC1CC#N. The third-order valence-corrected chi connectivity index (χ3v) is 5.71. The summed E-state index contributed by atoms with van der Waals surface area (Å²) < 4.78 is 0. The highest BCUT2D eigenvalue weighted by Gasteiger charge is 2.45. The maximum atomic E-state index is 9.29. The number of nitrogens with one attached hydrogen (secondary N) is 1. The van der Waals surface area contributed by atoms with Crippen molar-refractivity contribution < 1.29 is 0 Å². The summed E-state index contributed by atoms with van der Waals surface area (Å²) in [6.07, 6.45) is 6.83. The lowest BCUT2D eigenvalue weighted by atomic mass is 9.61. The number of thiocarbonyl (C=S) groups is 1. The summed E-state index contributed by atoms with van der Waals surface area (Å²) in [5.74, 6) is 0.254. The van der Waals surface area contributed by atoms with Crippen LogP contribution in [0.3, 0.4) is 0 Å². The number of para-hydroxylation sites is 1. The van der Waals surface area contributed by atoms with E-state index in [4.69, 9.17) is 12.2 Å². The summed E-state index contributed by atoms with van der Waals surface area (Å²) in [5.41, 5.74) is 1.87. The van der Waals surface area contributed by atoms with Gasteiger partial charge < -0.3 is 5.32 Å². The monoisotopic (exact) mass is 323 g/mol. The molecular weight excluding hydrogens is 302 g/mol. The van der Waals surface area contributed by atoms with Crippen LogP contribution in [-0.4, -0.2) is 17.0 Å². The smallest absolute Gasteiger partial charge is 0.0861 e. The van der Waals surface area contributed by atoms with Crippen molar-refractivity contribution in [2.24, 2.45) is 5.92 Å². The lowest BCUT2D eigenvalue weighted by molar-refractivity contribution is 0.255. The summed E-state index contributed by atoms with van der Waals surface area (Å²) in [6, 6.07) is 12.7. The molecule has 1 saturated carbocycles. The third kappa shape index (κ3) is 2.70. The lowest BCUT2D eigenvalue weighted by Gasteiger charge is -2.44. The molecule has 2 unspecified atom stereocenters. The zero-order chi connectivity index (χ0) is 16.3. The van der Waals surface area contributed by atoms with Crippen molar-refractivity contribution >= 4 is 28.1 Å². The summed E-state index contributed by atoms with van der Waals surface area (Å²) in [5, 5.41) is 13.6. The molecule has 1 aromatic heterocycles. The van der Waals surface area contributed by atoms with Gasteiger partial charge in [-0.1, -0.05) is 43.3 Å². The van der Waals surface area contributed by atoms with Gasteiger partial charge in [0.15, 0.2) is 0 Å². The fraction of sp³-hybridized carbons (Fsp3) is 0.421. The first-order chi connectivity index (χ1) is 11.2. The first-order valence-electron chi connectivity index (χ1n) is 8.17. The van der Waals surface area contributed by atoms with Crippen molar-refractivity contribution in [2.45, 2.75) is 37.5 Å². The molecule has 0 radical (unpaired) electrons. The Morgan fingerprint density at radius 2 is 2.26 bits per heavy atom. The van der Waals surface area contributed by atoms with Crippen molar-refractivity contribution in [1.29, 1.82) is 5.26 Å². The van der Waals surface area contributed by atoms with Crippen molar-refractivity contribution in [3.8, 4) is 6.07 Å². The molecule has 3 rings (SSSR count). The number of nitrogens with zero attached hydrogens (tertiary/aromatic N) is 2. The first-order valence-corrected chi connectivity index (χ1v) is 8.57. The van der Waals surface area contributed by atoms with Crippen molar-refractivity contribution in [2.75, 3.05) is 7.05 Å². The average Bonchev–Trinajstić information content (AvgIpc) is 2.61. The van der Waals surface area contributed by atoms with E-state index in [1.807, 2.05) is 31.4 Å². The van der Waals surface area contributed by atoms with E-state index in [1.165, 1.54) is 6.42 Å². The molecule has 4 heteroatoms. The summed E-state index contributed by atoms with van der Waals surface area (Å²) >= 11 is 5.74. The molecule has 0 saturated heterocycles. The van der Waals surface area contributed by atoms with Gasteiger partial charge in [0.1, 0.15) is 0 Å². The molecule has 0 amide bonds. The van der Waals surface area contributed by atoms with Gasteiger partial charge in [0.2, 0.25) is 0 Å². The molecule has 1 aliphatic carbocycles. The van der Waals surface area contributed by atoms with Crippen molar-refractivity contribution in [3.63, 3.8) is 0 Å². The van der Waals surface area contributed by atoms with Crippen LogP contribution in [0.15, 0.2) is 36.5 Å². The van der Waals surface area contributed by atoms with Crippen LogP contribution in [0.25, 0.3) is 10.9 Å². The molecule has 2 aromatic rings. The molecule has 0 spiro atoms. The average molecular weight is 323 g/mol. The zero-order valence-electron chi connectivity index (χ0n) is 13.4. The van der Waals surface area contributed by atoms with Gasteiger partial charge in [-0.25, -0.2) is 0 Å². The normalized spacial score (nSPS) is 24.1. The maximum absolute atomic E-state index is 9.29. The molecule has 23 heavy (non-hydrogen) atoms. The van der Waals surface area contributed by atoms with E-state index in [0.29, 0.717) is 6.42 Å². The van der Waals surface area contributed by atoms with Gasteiger partial charge in [-0.15, -0.1) is 0 Å². The van der Waals surface area contributed by atoms with Gasteiger partial charge in [-0.2, -0.15) is 5.26 Å². The Hall–Kier alpha value is -1.99. The summed E-state index contributed by atoms with van der Waals surface area (Å²) in [6.45, 7) is 0. The standard InChI is InChI=1S/C19H21N3S/c1-21-18(23)19(10-5-4-7-15(19)9-11-20)16-12-14-6-2-3-8-17(14)22-13-16/h2-3,6,8,12-13,15H,4-5,7,9-10H2,1H3,(H,21,23). The van der Waals surface area contributed by atoms with E-state index in [2.05, 4.69) is 28.5 Å². The Labute approximate surface area is 142 Å². The third-order valence-electron chi connectivity index (χ3n) is 5.15. The van der Waals surface area contributed by atoms with Gasteiger partial charge in [0.25, 0.3) is 0 Å². The molecule has 118 valence electrons. The van der Waals surface area contributed by atoms with Crippen LogP contribution in [-0.2, 0) is 5.41 Å². The van der Waals surface area contributed by atoms with Gasteiger partial charge in [-0.05, 0) is 36.5 Å². The van der Waals surface area contributed by atoms with E-state index in [9.17, 15) is 5.26 Å². The highest BCUT2D eigenvalue weighted by Crippen LogP contribution is 2.46. The van der Waals surface area contributed by atoms with E-state index in [-0.39, 0.29) is 11.3 Å². The second kappa shape index (κ2) is 6.64. The van der Waals surface area contributed by atoms with Gasteiger partial charge in [0.05, 0.1) is 22.0 Å². The maximum Gasteiger partial charge on any atom is 0.0861 e. The highest BCUT2D eigenvalue weighted by molar-refractivity contribution is 7.80. The Morgan fingerprint density at radius 1 is 1.43 bits per heavy atom.